The Bertz CT molecular complexity index is 1040. The Kier molecular flexibility index (Phi) is 4.81. The molecule has 0 amide bonds. The minimum atomic E-state index is 0.236. The summed E-state index contributed by atoms with van der Waals surface area (Å²) in [4.78, 5) is 9.45. The van der Waals surface area contributed by atoms with Gasteiger partial charge < -0.3 is 14.5 Å². The lowest BCUT2D eigenvalue weighted by Gasteiger charge is -2.35. The summed E-state index contributed by atoms with van der Waals surface area (Å²) in [5.74, 6) is 1.43. The molecule has 1 saturated heterocycles. The van der Waals surface area contributed by atoms with Gasteiger partial charge in [0, 0.05) is 49.4 Å². The third kappa shape index (κ3) is 3.39. The summed E-state index contributed by atoms with van der Waals surface area (Å²) in [7, 11) is 0. The molecule has 0 unspecified atom stereocenters. The molecule has 2 aromatic heterocycles. The van der Waals surface area contributed by atoms with Crippen molar-refractivity contribution < 1.29 is 4.74 Å². The third-order valence-electron chi connectivity index (χ3n) is 6.47. The standard InChI is InChI=1S/C22H29N7O/c1-14-11-27(7-8-30-14)18-9-17-12-28(6-5-19(17)25-10-18)22-20(16-3-4-16)15(2)21(24)29(13-23)26-22/h9-10,13-14,16,23-24H,3-8,11-12H2,1-2H3/t14-/m1/s1. The van der Waals surface area contributed by atoms with Gasteiger partial charge >= 0.3 is 0 Å². The first-order valence-corrected chi connectivity index (χ1v) is 10.8. The van der Waals surface area contributed by atoms with Gasteiger partial charge in [-0.2, -0.15) is 0 Å². The highest BCUT2D eigenvalue weighted by Gasteiger charge is 2.33. The summed E-state index contributed by atoms with van der Waals surface area (Å²) < 4.78 is 7.07. The minimum Gasteiger partial charge on any atom is -0.375 e. The molecule has 1 saturated carbocycles. The lowest BCUT2D eigenvalue weighted by Crippen LogP contribution is -2.41. The zero-order valence-corrected chi connectivity index (χ0v) is 17.7. The molecule has 8 nitrogen and oxygen atoms in total. The minimum absolute atomic E-state index is 0.236. The molecule has 8 heteroatoms. The number of rotatable bonds is 4. The van der Waals surface area contributed by atoms with E-state index in [1.165, 1.54) is 15.8 Å². The van der Waals surface area contributed by atoms with Crippen LogP contribution in [-0.4, -0.2) is 53.4 Å². The van der Waals surface area contributed by atoms with Crippen LogP contribution in [0.3, 0.4) is 0 Å². The maximum absolute atomic E-state index is 8.35. The van der Waals surface area contributed by atoms with E-state index in [2.05, 4.69) is 22.8 Å². The van der Waals surface area contributed by atoms with Crippen molar-refractivity contribution in [1.82, 2.24) is 14.8 Å². The largest absolute Gasteiger partial charge is 0.375 e. The van der Waals surface area contributed by atoms with E-state index in [-0.39, 0.29) is 6.10 Å². The first-order valence-electron chi connectivity index (χ1n) is 10.8. The molecule has 1 atom stereocenters. The predicted molar refractivity (Wildman–Crippen MR) is 116 cm³/mol. The van der Waals surface area contributed by atoms with Crippen molar-refractivity contribution in [3.8, 4) is 0 Å². The van der Waals surface area contributed by atoms with Crippen LogP contribution in [-0.2, 0) is 17.7 Å². The highest BCUT2D eigenvalue weighted by molar-refractivity contribution is 5.60. The molecule has 3 aliphatic rings. The topological polar surface area (TPSA) is 94.1 Å². The Morgan fingerprint density at radius 1 is 1.23 bits per heavy atom. The molecule has 2 aliphatic heterocycles. The number of fused-ring (bicyclic) bond motifs is 1. The summed E-state index contributed by atoms with van der Waals surface area (Å²) in [6.45, 7) is 8.26. The number of pyridine rings is 1. The molecule has 1 aliphatic carbocycles. The van der Waals surface area contributed by atoms with Gasteiger partial charge in [-0.15, -0.1) is 5.10 Å². The van der Waals surface area contributed by atoms with Crippen molar-refractivity contribution >= 4 is 17.8 Å². The van der Waals surface area contributed by atoms with Crippen LogP contribution in [0.2, 0.25) is 0 Å². The van der Waals surface area contributed by atoms with Gasteiger partial charge in [-0.25, -0.2) is 4.68 Å². The van der Waals surface area contributed by atoms with Crippen LogP contribution in [0.4, 0.5) is 11.5 Å². The highest BCUT2D eigenvalue weighted by Crippen LogP contribution is 2.45. The molecule has 158 valence electrons. The number of hydrogen-bond donors (Lipinski definition) is 2. The van der Waals surface area contributed by atoms with Gasteiger partial charge in [-0.05, 0) is 44.2 Å². The van der Waals surface area contributed by atoms with E-state index in [0.717, 1.165) is 81.1 Å². The molecule has 0 aromatic carbocycles. The van der Waals surface area contributed by atoms with E-state index in [4.69, 9.17) is 25.6 Å². The molecule has 2 fully saturated rings. The summed E-state index contributed by atoms with van der Waals surface area (Å²) in [6, 6.07) is 2.28. The molecular formula is C22H29N7O. The first-order chi connectivity index (χ1) is 14.5. The maximum Gasteiger partial charge on any atom is 0.153 e. The van der Waals surface area contributed by atoms with Gasteiger partial charge in [-0.1, -0.05) is 0 Å². The van der Waals surface area contributed by atoms with Gasteiger partial charge in [0.15, 0.2) is 11.3 Å². The van der Waals surface area contributed by atoms with Gasteiger partial charge in [0.05, 0.1) is 24.6 Å². The van der Waals surface area contributed by atoms with Crippen LogP contribution >= 0.6 is 0 Å². The number of nitrogens with one attached hydrogen (secondary N) is 2. The van der Waals surface area contributed by atoms with Gasteiger partial charge in [0.2, 0.25) is 0 Å². The molecule has 0 spiro atoms. The van der Waals surface area contributed by atoms with Crippen molar-refractivity contribution in [2.24, 2.45) is 0 Å². The maximum atomic E-state index is 8.35. The van der Waals surface area contributed by atoms with E-state index in [9.17, 15) is 0 Å². The van der Waals surface area contributed by atoms with Crippen molar-refractivity contribution in [2.45, 2.75) is 51.7 Å². The fraction of sp³-hybridized carbons (Fsp3) is 0.545. The lowest BCUT2D eigenvalue weighted by molar-refractivity contribution is 0.0532. The second-order valence-corrected chi connectivity index (χ2v) is 8.66. The van der Waals surface area contributed by atoms with Crippen LogP contribution in [0.15, 0.2) is 12.3 Å². The number of hydrogen-bond acceptors (Lipinski definition) is 7. The molecule has 0 bridgehead atoms. The molecule has 2 aromatic rings. The van der Waals surface area contributed by atoms with Gasteiger partial charge in [-0.3, -0.25) is 15.8 Å². The number of aromatic nitrogens is 3. The zero-order valence-electron chi connectivity index (χ0n) is 17.7. The molecular weight excluding hydrogens is 378 g/mol. The number of nitrogens with zero attached hydrogens (tertiary/aromatic N) is 5. The lowest BCUT2D eigenvalue weighted by atomic mass is 10.0. The Morgan fingerprint density at radius 2 is 2.07 bits per heavy atom. The Balaban J connectivity index is 1.48. The van der Waals surface area contributed by atoms with Crippen molar-refractivity contribution in [2.75, 3.05) is 36.0 Å². The highest BCUT2D eigenvalue weighted by atomic mass is 16.5. The Labute approximate surface area is 176 Å². The fourth-order valence-corrected chi connectivity index (χ4v) is 4.68. The fourth-order valence-electron chi connectivity index (χ4n) is 4.68. The number of morpholine rings is 1. The number of ether oxygens (including phenoxy) is 1. The van der Waals surface area contributed by atoms with E-state index in [1.54, 1.807) is 0 Å². The number of anilines is 2. The first kappa shape index (κ1) is 19.2. The smallest absolute Gasteiger partial charge is 0.153 e. The third-order valence-corrected chi connectivity index (χ3v) is 6.47. The normalized spacial score (nSPS) is 21.5. The molecule has 2 N–H and O–H groups in total. The summed E-state index contributed by atoms with van der Waals surface area (Å²) >= 11 is 0. The van der Waals surface area contributed by atoms with E-state index >= 15 is 0 Å². The van der Waals surface area contributed by atoms with Crippen molar-refractivity contribution in [3.63, 3.8) is 0 Å². The van der Waals surface area contributed by atoms with Crippen LogP contribution in [0, 0.1) is 17.7 Å². The van der Waals surface area contributed by atoms with Crippen LogP contribution in [0.1, 0.15) is 48.1 Å². The predicted octanol–water partition coefficient (Wildman–Crippen LogP) is 2.19. The van der Waals surface area contributed by atoms with Crippen LogP contribution in [0.25, 0.3) is 0 Å². The van der Waals surface area contributed by atoms with Crippen LogP contribution < -0.4 is 15.3 Å². The quantitative estimate of drug-likeness (QED) is 0.599. The average Bonchev–Trinajstić information content (AvgIpc) is 3.59. The molecule has 0 radical (unpaired) electrons. The van der Waals surface area contributed by atoms with E-state index < -0.39 is 0 Å². The molecule has 5 rings (SSSR count). The summed E-state index contributed by atoms with van der Waals surface area (Å²) in [5.41, 5.74) is 6.04. The Morgan fingerprint density at radius 3 is 2.80 bits per heavy atom. The van der Waals surface area contributed by atoms with Crippen LogP contribution in [0.5, 0.6) is 0 Å². The molecule has 30 heavy (non-hydrogen) atoms. The second kappa shape index (κ2) is 7.50. The summed E-state index contributed by atoms with van der Waals surface area (Å²) in [6.07, 6.45) is 6.58. The average molecular weight is 408 g/mol. The monoisotopic (exact) mass is 407 g/mol. The van der Waals surface area contributed by atoms with E-state index in [1.807, 2.05) is 13.1 Å². The van der Waals surface area contributed by atoms with Gasteiger partial charge in [0.1, 0.15) is 6.34 Å². The second-order valence-electron chi connectivity index (χ2n) is 8.66. The SMILES string of the molecule is Cc1c(C2CC2)c(N2CCc3ncc(N4CCO[C@H](C)C4)cc3C2)nn(C=N)c1=N. The Hall–Kier alpha value is -2.74. The van der Waals surface area contributed by atoms with Crippen molar-refractivity contribution in [1.29, 1.82) is 10.8 Å². The zero-order chi connectivity index (χ0) is 20.8. The van der Waals surface area contributed by atoms with Crippen molar-refractivity contribution in [3.05, 3.63) is 40.1 Å². The molecule has 4 heterocycles. The van der Waals surface area contributed by atoms with Gasteiger partial charge in [0.25, 0.3) is 0 Å². The van der Waals surface area contributed by atoms with E-state index in [0.29, 0.717) is 11.4 Å². The summed E-state index contributed by atoms with van der Waals surface area (Å²) in [5, 5.41) is 20.7.